The number of carbonyl (C=O) groups is 1. The van der Waals surface area contributed by atoms with Crippen molar-refractivity contribution in [1.29, 1.82) is 0 Å². The Bertz CT molecular complexity index is 633. The summed E-state index contributed by atoms with van der Waals surface area (Å²) in [4.78, 5) is 18.9. The van der Waals surface area contributed by atoms with E-state index in [9.17, 15) is 4.79 Å². The van der Waals surface area contributed by atoms with Crippen molar-refractivity contribution >= 4 is 5.91 Å². The molecule has 23 heavy (non-hydrogen) atoms. The molecule has 3 rings (SSSR count). The van der Waals surface area contributed by atoms with Gasteiger partial charge in [0.2, 0.25) is 0 Å². The van der Waals surface area contributed by atoms with Crippen LogP contribution in [0.15, 0.2) is 41.1 Å². The minimum atomic E-state index is -0.0412. The van der Waals surface area contributed by atoms with E-state index < -0.39 is 0 Å². The summed E-state index contributed by atoms with van der Waals surface area (Å²) in [5.74, 6) is 1.73. The van der Waals surface area contributed by atoms with Gasteiger partial charge in [0.15, 0.2) is 5.76 Å². The first-order valence-electron chi connectivity index (χ1n) is 8.24. The molecule has 5 nitrogen and oxygen atoms in total. The van der Waals surface area contributed by atoms with Crippen LogP contribution in [-0.2, 0) is 13.0 Å². The number of amides is 1. The lowest BCUT2D eigenvalue weighted by Gasteiger charge is -2.24. The standard InChI is InChI=1S/C18H23N3O2/c1-2-16-5-6-17(23-16)18(22)21(13-15-7-9-20-11-15)12-14-4-3-8-19-10-14/h3-6,8,10,15,20H,2,7,9,11-13H2,1H3/t15-/m0/s1. The van der Waals surface area contributed by atoms with Crippen LogP contribution in [0.4, 0.5) is 0 Å². The molecule has 2 aromatic rings. The van der Waals surface area contributed by atoms with Crippen molar-refractivity contribution in [2.45, 2.75) is 26.3 Å². The van der Waals surface area contributed by atoms with Gasteiger partial charge in [0.25, 0.3) is 5.91 Å². The van der Waals surface area contributed by atoms with Crippen molar-refractivity contribution in [1.82, 2.24) is 15.2 Å². The Morgan fingerprint density at radius 2 is 2.35 bits per heavy atom. The number of aryl methyl sites for hydroxylation is 1. The normalized spacial score (nSPS) is 17.3. The first-order valence-corrected chi connectivity index (χ1v) is 8.24. The van der Waals surface area contributed by atoms with Crippen molar-refractivity contribution in [3.05, 3.63) is 53.7 Å². The Balaban J connectivity index is 1.76. The van der Waals surface area contributed by atoms with E-state index in [1.165, 1.54) is 0 Å². The van der Waals surface area contributed by atoms with Crippen molar-refractivity contribution in [3.63, 3.8) is 0 Å². The fraction of sp³-hybridized carbons (Fsp3) is 0.444. The topological polar surface area (TPSA) is 58.4 Å². The maximum Gasteiger partial charge on any atom is 0.289 e. The average molecular weight is 313 g/mol. The summed E-state index contributed by atoms with van der Waals surface area (Å²) in [6.45, 7) is 5.31. The molecule has 0 unspecified atom stereocenters. The predicted octanol–water partition coefficient (Wildman–Crippen LogP) is 2.49. The predicted molar refractivity (Wildman–Crippen MR) is 88.0 cm³/mol. The van der Waals surface area contributed by atoms with Crippen LogP contribution in [0.5, 0.6) is 0 Å². The van der Waals surface area contributed by atoms with Gasteiger partial charge in [0.05, 0.1) is 0 Å². The lowest BCUT2D eigenvalue weighted by Crippen LogP contribution is -2.35. The molecule has 1 N–H and O–H groups in total. The van der Waals surface area contributed by atoms with Crippen LogP contribution in [0.1, 0.15) is 35.2 Å². The lowest BCUT2D eigenvalue weighted by molar-refractivity contribution is 0.0684. The van der Waals surface area contributed by atoms with E-state index in [0.29, 0.717) is 18.2 Å². The number of hydrogen-bond donors (Lipinski definition) is 1. The highest BCUT2D eigenvalue weighted by Crippen LogP contribution is 2.17. The van der Waals surface area contributed by atoms with Crippen molar-refractivity contribution in [2.75, 3.05) is 19.6 Å². The smallest absolute Gasteiger partial charge is 0.289 e. The van der Waals surface area contributed by atoms with Gasteiger partial charge in [-0.05, 0) is 49.2 Å². The monoisotopic (exact) mass is 313 g/mol. The van der Waals surface area contributed by atoms with Crippen LogP contribution in [0.25, 0.3) is 0 Å². The highest BCUT2D eigenvalue weighted by atomic mass is 16.4. The van der Waals surface area contributed by atoms with Crippen molar-refractivity contribution in [3.8, 4) is 0 Å². The second-order valence-electron chi connectivity index (χ2n) is 6.03. The zero-order valence-corrected chi connectivity index (χ0v) is 13.5. The first-order chi connectivity index (χ1) is 11.3. The zero-order chi connectivity index (χ0) is 16.1. The third-order valence-electron chi connectivity index (χ3n) is 4.25. The molecule has 1 saturated heterocycles. The Morgan fingerprint density at radius 1 is 1.43 bits per heavy atom. The molecule has 3 heterocycles. The molecule has 0 aromatic carbocycles. The fourth-order valence-electron chi connectivity index (χ4n) is 2.95. The van der Waals surface area contributed by atoms with Gasteiger partial charge in [-0.3, -0.25) is 9.78 Å². The molecular weight excluding hydrogens is 290 g/mol. The minimum Gasteiger partial charge on any atom is -0.456 e. The third-order valence-corrected chi connectivity index (χ3v) is 4.25. The number of rotatable bonds is 6. The van der Waals surface area contributed by atoms with Crippen LogP contribution in [0, 0.1) is 5.92 Å². The highest BCUT2D eigenvalue weighted by Gasteiger charge is 2.24. The van der Waals surface area contributed by atoms with Gasteiger partial charge < -0.3 is 14.6 Å². The van der Waals surface area contributed by atoms with E-state index in [0.717, 1.165) is 43.8 Å². The molecule has 1 aliphatic rings. The van der Waals surface area contributed by atoms with E-state index in [1.54, 1.807) is 12.3 Å². The van der Waals surface area contributed by atoms with Gasteiger partial charge >= 0.3 is 0 Å². The number of aromatic nitrogens is 1. The summed E-state index contributed by atoms with van der Waals surface area (Å²) in [5.41, 5.74) is 1.04. The summed E-state index contributed by atoms with van der Waals surface area (Å²) < 4.78 is 5.66. The largest absolute Gasteiger partial charge is 0.456 e. The Morgan fingerprint density at radius 3 is 3.00 bits per heavy atom. The Hall–Kier alpha value is -2.14. The number of carbonyl (C=O) groups excluding carboxylic acids is 1. The van der Waals surface area contributed by atoms with E-state index in [-0.39, 0.29) is 5.91 Å². The zero-order valence-electron chi connectivity index (χ0n) is 13.5. The van der Waals surface area contributed by atoms with Gasteiger partial charge in [-0.1, -0.05) is 13.0 Å². The molecule has 0 radical (unpaired) electrons. The number of pyridine rings is 1. The molecule has 2 aromatic heterocycles. The number of furan rings is 1. The van der Waals surface area contributed by atoms with Crippen LogP contribution in [0.2, 0.25) is 0 Å². The first kappa shape index (κ1) is 15.7. The lowest BCUT2D eigenvalue weighted by atomic mass is 10.1. The fourth-order valence-corrected chi connectivity index (χ4v) is 2.95. The Labute approximate surface area is 136 Å². The van der Waals surface area contributed by atoms with Crippen LogP contribution >= 0.6 is 0 Å². The molecular formula is C18H23N3O2. The summed E-state index contributed by atoms with van der Waals surface area (Å²) in [5, 5.41) is 3.36. The average Bonchev–Trinajstić information content (AvgIpc) is 3.26. The highest BCUT2D eigenvalue weighted by molar-refractivity contribution is 5.91. The maximum atomic E-state index is 12.9. The second kappa shape index (κ2) is 7.42. The molecule has 5 heteroatoms. The van der Waals surface area contributed by atoms with E-state index >= 15 is 0 Å². The molecule has 0 bridgehead atoms. The van der Waals surface area contributed by atoms with E-state index in [4.69, 9.17) is 4.42 Å². The molecule has 1 fully saturated rings. The summed E-state index contributed by atoms with van der Waals surface area (Å²) >= 11 is 0. The summed E-state index contributed by atoms with van der Waals surface area (Å²) in [6, 6.07) is 7.56. The van der Waals surface area contributed by atoms with Gasteiger partial charge in [-0.25, -0.2) is 0 Å². The number of nitrogens with zero attached hydrogens (tertiary/aromatic N) is 2. The third kappa shape index (κ3) is 3.99. The maximum absolute atomic E-state index is 12.9. The van der Waals surface area contributed by atoms with E-state index in [1.807, 2.05) is 36.2 Å². The second-order valence-corrected chi connectivity index (χ2v) is 6.03. The minimum absolute atomic E-state index is 0.0412. The molecule has 1 atom stereocenters. The van der Waals surface area contributed by atoms with Crippen molar-refractivity contribution < 1.29 is 9.21 Å². The van der Waals surface area contributed by atoms with Crippen LogP contribution in [-0.4, -0.2) is 35.4 Å². The molecule has 122 valence electrons. The SMILES string of the molecule is CCc1ccc(C(=O)N(Cc2cccnc2)C[C@H]2CCNC2)o1. The summed E-state index contributed by atoms with van der Waals surface area (Å²) in [6.07, 6.45) is 5.46. The van der Waals surface area contributed by atoms with Gasteiger partial charge in [0, 0.05) is 31.9 Å². The Kier molecular flexibility index (Phi) is 5.08. The van der Waals surface area contributed by atoms with Crippen molar-refractivity contribution in [2.24, 2.45) is 5.92 Å². The number of hydrogen-bond acceptors (Lipinski definition) is 4. The van der Waals surface area contributed by atoms with Crippen LogP contribution in [0.3, 0.4) is 0 Å². The molecule has 0 aliphatic carbocycles. The summed E-state index contributed by atoms with van der Waals surface area (Å²) in [7, 11) is 0. The van der Waals surface area contributed by atoms with Gasteiger partial charge in [-0.15, -0.1) is 0 Å². The van der Waals surface area contributed by atoms with Gasteiger partial charge in [-0.2, -0.15) is 0 Å². The van der Waals surface area contributed by atoms with E-state index in [2.05, 4.69) is 10.3 Å². The van der Waals surface area contributed by atoms with Crippen LogP contribution < -0.4 is 5.32 Å². The molecule has 0 saturated carbocycles. The number of nitrogens with one attached hydrogen (secondary N) is 1. The quantitative estimate of drug-likeness (QED) is 0.890. The van der Waals surface area contributed by atoms with Gasteiger partial charge in [0.1, 0.15) is 5.76 Å². The molecule has 1 aliphatic heterocycles. The molecule has 0 spiro atoms. The molecule has 1 amide bonds.